The minimum Gasteiger partial charge on any atom is -0.477 e. The van der Waals surface area contributed by atoms with Crippen molar-refractivity contribution < 1.29 is 14.7 Å². The zero-order valence-corrected chi connectivity index (χ0v) is 9.77. The number of thiazole rings is 1. The summed E-state index contributed by atoms with van der Waals surface area (Å²) in [6.45, 7) is 0. The number of nitrogen functional groups attached to an aromatic ring is 1. The lowest BCUT2D eigenvalue weighted by Crippen LogP contribution is -2.13. The molecule has 18 heavy (non-hydrogen) atoms. The molecule has 0 aliphatic heterocycles. The van der Waals surface area contributed by atoms with Crippen molar-refractivity contribution in [1.82, 2.24) is 9.97 Å². The molecule has 0 radical (unpaired) electrons. The van der Waals surface area contributed by atoms with Crippen molar-refractivity contribution in [3.05, 3.63) is 35.1 Å². The summed E-state index contributed by atoms with van der Waals surface area (Å²) in [6.07, 6.45) is 1.26. The Morgan fingerprint density at radius 2 is 2.11 bits per heavy atom. The average molecular weight is 264 g/mol. The number of nitrogens with zero attached hydrogens (tertiary/aromatic N) is 2. The van der Waals surface area contributed by atoms with Crippen LogP contribution in [0.25, 0.3) is 0 Å². The first-order chi connectivity index (χ1) is 8.56. The quantitative estimate of drug-likeness (QED) is 0.763. The first-order valence-electron chi connectivity index (χ1n) is 4.78. The zero-order valence-electron chi connectivity index (χ0n) is 8.95. The van der Waals surface area contributed by atoms with E-state index in [1.54, 1.807) is 0 Å². The fourth-order valence-corrected chi connectivity index (χ4v) is 1.72. The number of hydrogen-bond acceptors (Lipinski definition) is 6. The Morgan fingerprint density at radius 1 is 1.33 bits per heavy atom. The zero-order chi connectivity index (χ0) is 13.1. The van der Waals surface area contributed by atoms with E-state index in [0.29, 0.717) is 10.8 Å². The van der Waals surface area contributed by atoms with Gasteiger partial charge < -0.3 is 16.2 Å². The number of rotatable bonds is 3. The van der Waals surface area contributed by atoms with Gasteiger partial charge >= 0.3 is 5.97 Å². The molecular weight excluding hydrogens is 256 g/mol. The third-order valence-electron chi connectivity index (χ3n) is 2.00. The smallest absolute Gasteiger partial charge is 0.354 e. The number of nitrogens with one attached hydrogen (secondary N) is 1. The monoisotopic (exact) mass is 264 g/mol. The van der Waals surface area contributed by atoms with E-state index >= 15 is 0 Å². The van der Waals surface area contributed by atoms with Gasteiger partial charge in [-0.2, -0.15) is 0 Å². The van der Waals surface area contributed by atoms with Crippen LogP contribution in [0.4, 0.5) is 10.8 Å². The minimum absolute atomic E-state index is 0.0918. The molecule has 0 saturated heterocycles. The van der Waals surface area contributed by atoms with Crippen molar-refractivity contribution in [2.24, 2.45) is 0 Å². The fourth-order valence-electron chi connectivity index (χ4n) is 1.18. The topological polar surface area (TPSA) is 118 Å². The van der Waals surface area contributed by atoms with E-state index < -0.39 is 11.9 Å². The van der Waals surface area contributed by atoms with Crippen LogP contribution in [0, 0.1) is 0 Å². The van der Waals surface area contributed by atoms with Crippen LogP contribution in [0.5, 0.6) is 0 Å². The molecule has 0 atom stereocenters. The molecule has 0 spiro atoms. The van der Waals surface area contributed by atoms with Crippen LogP contribution in [0.15, 0.2) is 23.7 Å². The van der Waals surface area contributed by atoms with E-state index in [9.17, 15) is 9.59 Å². The van der Waals surface area contributed by atoms with Crippen molar-refractivity contribution in [2.45, 2.75) is 0 Å². The number of carbonyl (C=O) groups is 2. The molecule has 0 fully saturated rings. The van der Waals surface area contributed by atoms with Gasteiger partial charge in [-0.25, -0.2) is 14.8 Å². The van der Waals surface area contributed by atoms with Gasteiger partial charge in [0.25, 0.3) is 5.91 Å². The molecule has 0 bridgehead atoms. The first kappa shape index (κ1) is 12.0. The summed E-state index contributed by atoms with van der Waals surface area (Å²) >= 11 is 1.16. The molecule has 1 amide bonds. The molecule has 0 saturated carbocycles. The Labute approximate surface area is 105 Å². The Kier molecular flexibility index (Phi) is 3.20. The van der Waals surface area contributed by atoms with Gasteiger partial charge in [0, 0.05) is 5.38 Å². The highest BCUT2D eigenvalue weighted by Crippen LogP contribution is 2.13. The van der Waals surface area contributed by atoms with E-state index in [1.165, 1.54) is 23.7 Å². The summed E-state index contributed by atoms with van der Waals surface area (Å²) < 4.78 is 0. The predicted octanol–water partition coefficient (Wildman–Crippen LogP) is 1.07. The van der Waals surface area contributed by atoms with Crippen LogP contribution in [0.2, 0.25) is 0 Å². The lowest BCUT2D eigenvalue weighted by atomic mass is 10.3. The normalized spacial score (nSPS) is 10.0. The Bertz CT molecular complexity index is 593. The van der Waals surface area contributed by atoms with E-state index in [-0.39, 0.29) is 11.4 Å². The van der Waals surface area contributed by atoms with Gasteiger partial charge in [0.15, 0.2) is 5.13 Å². The number of nitrogens with two attached hydrogens (primary N) is 1. The molecular formula is C10H8N4O3S. The van der Waals surface area contributed by atoms with Gasteiger partial charge in [-0.1, -0.05) is 0 Å². The number of carbonyl (C=O) groups excluding carboxylic acids is 1. The van der Waals surface area contributed by atoms with Crippen molar-refractivity contribution >= 4 is 34.0 Å². The number of aromatic carboxylic acids is 1. The van der Waals surface area contributed by atoms with Gasteiger partial charge in [0.2, 0.25) is 0 Å². The average Bonchev–Trinajstić information content (AvgIpc) is 2.76. The summed E-state index contributed by atoms with van der Waals surface area (Å²) in [7, 11) is 0. The largest absolute Gasteiger partial charge is 0.477 e. The fraction of sp³-hybridized carbons (Fsp3) is 0. The van der Waals surface area contributed by atoms with E-state index in [0.717, 1.165) is 11.3 Å². The molecule has 7 nitrogen and oxygen atoms in total. The number of carboxylic acid groups (broad SMARTS) is 1. The van der Waals surface area contributed by atoms with Crippen LogP contribution in [-0.4, -0.2) is 27.0 Å². The number of amides is 1. The van der Waals surface area contributed by atoms with Crippen molar-refractivity contribution in [2.75, 3.05) is 11.1 Å². The van der Waals surface area contributed by atoms with Gasteiger partial charge in [-0.05, 0) is 12.1 Å². The highest BCUT2D eigenvalue weighted by Gasteiger charge is 2.10. The lowest BCUT2D eigenvalue weighted by molar-refractivity contribution is 0.0690. The summed E-state index contributed by atoms with van der Waals surface area (Å²) in [6, 6.07) is 2.75. The molecule has 2 aromatic heterocycles. The third-order valence-corrected chi connectivity index (χ3v) is 2.67. The molecule has 8 heteroatoms. The number of anilines is 2. The van der Waals surface area contributed by atoms with Crippen molar-refractivity contribution in [1.29, 1.82) is 0 Å². The molecule has 2 aromatic rings. The van der Waals surface area contributed by atoms with Gasteiger partial charge in [-0.15, -0.1) is 11.3 Å². The second-order valence-corrected chi connectivity index (χ2v) is 4.15. The maximum Gasteiger partial charge on any atom is 0.354 e. The van der Waals surface area contributed by atoms with Crippen LogP contribution in [0.1, 0.15) is 21.0 Å². The number of pyridine rings is 1. The second kappa shape index (κ2) is 4.80. The first-order valence-corrected chi connectivity index (χ1v) is 5.66. The Hall–Kier alpha value is -2.48. The van der Waals surface area contributed by atoms with Crippen LogP contribution in [-0.2, 0) is 0 Å². The highest BCUT2D eigenvalue weighted by atomic mass is 32.1. The lowest BCUT2D eigenvalue weighted by Gasteiger charge is -2.02. The molecule has 0 aliphatic rings. The molecule has 92 valence electrons. The Balaban J connectivity index is 2.10. The second-order valence-electron chi connectivity index (χ2n) is 3.26. The number of aromatic nitrogens is 2. The van der Waals surface area contributed by atoms with Crippen LogP contribution in [0.3, 0.4) is 0 Å². The van der Waals surface area contributed by atoms with E-state index in [2.05, 4.69) is 15.3 Å². The molecule has 2 rings (SSSR count). The molecule has 0 aromatic carbocycles. The van der Waals surface area contributed by atoms with Crippen LogP contribution < -0.4 is 11.1 Å². The summed E-state index contributed by atoms with van der Waals surface area (Å²) in [4.78, 5) is 29.8. The maximum absolute atomic E-state index is 11.7. The third kappa shape index (κ3) is 2.61. The molecule has 4 N–H and O–H groups in total. The van der Waals surface area contributed by atoms with Gasteiger partial charge in [0.05, 0.1) is 11.9 Å². The van der Waals surface area contributed by atoms with Crippen molar-refractivity contribution in [3.63, 3.8) is 0 Å². The molecule has 0 aliphatic carbocycles. The van der Waals surface area contributed by atoms with Gasteiger partial charge in [-0.3, -0.25) is 4.79 Å². The summed E-state index contributed by atoms with van der Waals surface area (Å²) in [5.74, 6) is -1.55. The van der Waals surface area contributed by atoms with Gasteiger partial charge in [0.1, 0.15) is 11.4 Å². The highest BCUT2D eigenvalue weighted by molar-refractivity contribution is 7.13. The summed E-state index contributed by atoms with van der Waals surface area (Å²) in [5.41, 5.74) is 5.91. The predicted molar refractivity (Wildman–Crippen MR) is 65.7 cm³/mol. The maximum atomic E-state index is 11.7. The summed E-state index contributed by atoms with van der Waals surface area (Å²) in [5, 5.41) is 13.0. The minimum atomic E-state index is -1.12. The van der Waals surface area contributed by atoms with E-state index in [1.807, 2.05) is 0 Å². The number of hydrogen-bond donors (Lipinski definition) is 3. The Morgan fingerprint density at radius 3 is 2.61 bits per heavy atom. The SMILES string of the molecule is Nc1nc(C(=O)Nc2ccc(C(=O)O)nc2)cs1. The molecule has 2 heterocycles. The molecule has 0 unspecified atom stereocenters. The number of carboxylic acids is 1. The van der Waals surface area contributed by atoms with Crippen molar-refractivity contribution in [3.8, 4) is 0 Å². The van der Waals surface area contributed by atoms with E-state index in [4.69, 9.17) is 10.8 Å². The standard InChI is InChI=1S/C10H8N4O3S/c11-10-14-7(4-18-10)8(15)13-5-1-2-6(9(16)17)12-3-5/h1-4H,(H2,11,14)(H,13,15)(H,16,17). The van der Waals surface area contributed by atoms with Crippen LogP contribution >= 0.6 is 11.3 Å².